The van der Waals surface area contributed by atoms with Gasteiger partial charge in [0.2, 0.25) is 15.9 Å². The topological polar surface area (TPSA) is 125 Å². The van der Waals surface area contributed by atoms with E-state index in [-0.39, 0.29) is 29.7 Å². The molecule has 0 radical (unpaired) electrons. The molecule has 2 aliphatic rings. The van der Waals surface area contributed by atoms with Gasteiger partial charge in [-0.1, -0.05) is 31.2 Å². The molecule has 33 heavy (non-hydrogen) atoms. The fourth-order valence-electron chi connectivity index (χ4n) is 3.89. The van der Waals surface area contributed by atoms with E-state index in [9.17, 15) is 18.3 Å². The van der Waals surface area contributed by atoms with E-state index in [1.807, 2.05) is 31.2 Å². The number of hydrogen-bond acceptors (Lipinski definition) is 6. The van der Waals surface area contributed by atoms with Gasteiger partial charge in [0.25, 0.3) is 0 Å². The Labute approximate surface area is 193 Å². The summed E-state index contributed by atoms with van der Waals surface area (Å²) in [5.74, 6) is 0.188. The van der Waals surface area contributed by atoms with Crippen LogP contribution in [0.4, 0.5) is 5.69 Å². The molecule has 2 heterocycles. The normalized spacial score (nSPS) is 16.8. The summed E-state index contributed by atoms with van der Waals surface area (Å²) in [6.45, 7) is 3.23. The van der Waals surface area contributed by atoms with Crippen molar-refractivity contribution in [1.29, 1.82) is 0 Å². The van der Waals surface area contributed by atoms with Crippen LogP contribution in [0.25, 0.3) is 17.2 Å². The summed E-state index contributed by atoms with van der Waals surface area (Å²) in [5.41, 5.74) is 9.58. The molecular weight excluding hydrogens is 440 g/mol. The zero-order valence-corrected chi connectivity index (χ0v) is 19.3. The number of aliphatic imine (C=N–C) groups is 1. The molecule has 2 aliphatic heterocycles. The lowest BCUT2D eigenvalue weighted by molar-refractivity contribution is -0.117. The molecule has 0 unspecified atom stereocenters. The monoisotopic (exact) mass is 468 g/mol. The van der Waals surface area contributed by atoms with Gasteiger partial charge in [-0.2, -0.15) is 4.31 Å². The second-order valence-corrected chi connectivity index (χ2v) is 10.3. The van der Waals surface area contributed by atoms with Gasteiger partial charge in [-0.3, -0.25) is 4.79 Å². The molecule has 9 heteroatoms. The first-order chi connectivity index (χ1) is 15.8. The number of amidine groups is 1. The molecule has 0 aliphatic carbocycles. The summed E-state index contributed by atoms with van der Waals surface area (Å²) >= 11 is 0. The summed E-state index contributed by atoms with van der Waals surface area (Å²) in [5, 5.41) is 12.1. The molecule has 2 aromatic carbocycles. The van der Waals surface area contributed by atoms with Crippen molar-refractivity contribution in [3.63, 3.8) is 0 Å². The smallest absolute Gasteiger partial charge is 0.247 e. The minimum absolute atomic E-state index is 0.00198. The van der Waals surface area contributed by atoms with E-state index >= 15 is 0 Å². The Hall–Kier alpha value is -3.01. The highest BCUT2D eigenvalue weighted by atomic mass is 32.2. The molecule has 0 atom stereocenters. The number of carbonyl (C=O) groups excluding carboxylic acids is 1. The highest BCUT2D eigenvalue weighted by molar-refractivity contribution is 7.89. The molecule has 8 nitrogen and oxygen atoms in total. The van der Waals surface area contributed by atoms with Crippen LogP contribution in [-0.2, 0) is 14.8 Å². The third kappa shape index (κ3) is 4.85. The molecule has 4 rings (SSSR count). The van der Waals surface area contributed by atoms with Crippen molar-refractivity contribution in [1.82, 2.24) is 9.62 Å². The van der Waals surface area contributed by atoms with Crippen molar-refractivity contribution < 1.29 is 18.3 Å². The maximum atomic E-state index is 12.9. The van der Waals surface area contributed by atoms with Crippen molar-refractivity contribution in [3.05, 3.63) is 53.6 Å². The number of aliphatic hydroxyl groups excluding tert-OH is 1. The van der Waals surface area contributed by atoms with Crippen molar-refractivity contribution >= 4 is 33.5 Å². The van der Waals surface area contributed by atoms with Crippen LogP contribution in [0.5, 0.6) is 0 Å². The Kier molecular flexibility index (Phi) is 6.64. The molecule has 0 saturated carbocycles. The van der Waals surface area contributed by atoms with Gasteiger partial charge in [0, 0.05) is 49.7 Å². The highest BCUT2D eigenvalue weighted by Crippen LogP contribution is 2.33. The summed E-state index contributed by atoms with van der Waals surface area (Å²) in [7, 11) is -3.61. The predicted molar refractivity (Wildman–Crippen MR) is 128 cm³/mol. The van der Waals surface area contributed by atoms with Crippen molar-refractivity contribution in [2.24, 2.45) is 16.6 Å². The van der Waals surface area contributed by atoms with Crippen LogP contribution in [0.15, 0.2) is 57.9 Å². The molecule has 1 fully saturated rings. The third-order valence-electron chi connectivity index (χ3n) is 5.81. The van der Waals surface area contributed by atoms with Crippen LogP contribution in [0, 0.1) is 5.92 Å². The molecular formula is C24H28N4O4S. The van der Waals surface area contributed by atoms with Crippen LogP contribution in [0.1, 0.15) is 25.3 Å². The van der Waals surface area contributed by atoms with Crippen LogP contribution >= 0.6 is 0 Å². The van der Waals surface area contributed by atoms with Gasteiger partial charge >= 0.3 is 0 Å². The number of fused-ring (bicyclic) bond motifs is 1. The molecule has 4 N–H and O–H groups in total. The molecule has 1 saturated heterocycles. The van der Waals surface area contributed by atoms with Crippen LogP contribution < -0.4 is 11.1 Å². The molecule has 1 amide bonds. The predicted octanol–water partition coefficient (Wildman–Crippen LogP) is 2.27. The van der Waals surface area contributed by atoms with E-state index in [4.69, 9.17) is 5.73 Å². The Bertz CT molecular complexity index is 1230. The minimum atomic E-state index is -3.61. The quantitative estimate of drug-likeness (QED) is 0.575. The lowest BCUT2D eigenvalue weighted by Gasteiger charge is -2.36. The Morgan fingerprint density at radius 1 is 1.21 bits per heavy atom. The molecule has 0 bridgehead atoms. The van der Waals surface area contributed by atoms with Gasteiger partial charge < -0.3 is 16.2 Å². The van der Waals surface area contributed by atoms with E-state index in [0.717, 1.165) is 23.1 Å². The first kappa shape index (κ1) is 23.2. The number of nitrogens with zero attached hydrogens (tertiary/aromatic N) is 2. The van der Waals surface area contributed by atoms with Crippen molar-refractivity contribution in [2.45, 2.75) is 24.7 Å². The second-order valence-electron chi connectivity index (χ2n) is 8.38. The summed E-state index contributed by atoms with van der Waals surface area (Å²) in [4.78, 5) is 17.1. The Morgan fingerprint density at radius 3 is 2.70 bits per heavy atom. The molecule has 174 valence electrons. The summed E-state index contributed by atoms with van der Waals surface area (Å²) < 4.78 is 27.2. The van der Waals surface area contributed by atoms with Crippen LogP contribution in [0.3, 0.4) is 0 Å². The summed E-state index contributed by atoms with van der Waals surface area (Å²) in [6.07, 6.45) is 2.91. The molecule has 2 aromatic rings. The number of nitrogens with one attached hydrogen (secondary N) is 1. The average Bonchev–Trinajstić information content (AvgIpc) is 2.94. The minimum Gasteiger partial charge on any atom is -0.396 e. The number of carbonyl (C=O) groups is 1. The fourth-order valence-corrected chi connectivity index (χ4v) is 5.53. The van der Waals surface area contributed by atoms with Gasteiger partial charge in [-0.05, 0) is 41.8 Å². The SMILES string of the molecule is CCCNC(=O)C1=Cc2ccc(-c3cccc(S(=O)(=O)N4CC(CO)C4)c3)cc2N=C(N)C1. The van der Waals surface area contributed by atoms with E-state index in [2.05, 4.69) is 10.3 Å². The zero-order chi connectivity index (χ0) is 23.6. The summed E-state index contributed by atoms with van der Waals surface area (Å²) in [6, 6.07) is 12.4. The third-order valence-corrected chi connectivity index (χ3v) is 7.64. The largest absolute Gasteiger partial charge is 0.396 e. The number of sulfonamides is 1. The zero-order valence-electron chi connectivity index (χ0n) is 18.5. The van der Waals surface area contributed by atoms with Gasteiger partial charge in [0.05, 0.1) is 10.6 Å². The highest BCUT2D eigenvalue weighted by Gasteiger charge is 2.36. The fraction of sp³-hybridized carbons (Fsp3) is 0.333. The first-order valence-electron chi connectivity index (χ1n) is 11.0. The standard InChI is InChI=1S/C24H28N4O4S/c1-2-8-26-24(30)20-9-19-7-6-18(11-22(19)27-23(25)12-20)17-4-3-5-21(10-17)33(31,32)28-13-16(14-28)15-29/h3-7,9-11,16,29H,2,8,12-15H2,1H3,(H2,25,27)(H,26,30). The average molecular weight is 469 g/mol. The Balaban J connectivity index is 1.64. The number of hydrogen-bond donors (Lipinski definition) is 3. The van der Waals surface area contributed by atoms with Gasteiger partial charge in [0.15, 0.2) is 0 Å². The number of nitrogens with two attached hydrogens (primary N) is 1. The second kappa shape index (κ2) is 9.46. The lowest BCUT2D eigenvalue weighted by Crippen LogP contribution is -2.51. The van der Waals surface area contributed by atoms with E-state index < -0.39 is 10.0 Å². The van der Waals surface area contributed by atoms with Gasteiger partial charge in [-0.25, -0.2) is 13.4 Å². The van der Waals surface area contributed by atoms with Gasteiger partial charge in [-0.15, -0.1) is 0 Å². The van der Waals surface area contributed by atoms with Crippen molar-refractivity contribution in [2.75, 3.05) is 26.2 Å². The number of rotatable bonds is 7. The van der Waals surface area contributed by atoms with Crippen LogP contribution in [0.2, 0.25) is 0 Å². The van der Waals surface area contributed by atoms with Crippen molar-refractivity contribution in [3.8, 4) is 11.1 Å². The number of aliphatic hydroxyl groups is 1. The first-order valence-corrected chi connectivity index (χ1v) is 12.4. The van der Waals surface area contributed by atoms with E-state index in [1.54, 1.807) is 24.3 Å². The van der Waals surface area contributed by atoms with E-state index in [0.29, 0.717) is 36.7 Å². The lowest BCUT2D eigenvalue weighted by atomic mass is 10.0. The van der Waals surface area contributed by atoms with Gasteiger partial charge in [0.1, 0.15) is 5.84 Å². The Morgan fingerprint density at radius 2 is 1.97 bits per heavy atom. The van der Waals surface area contributed by atoms with E-state index in [1.165, 1.54) is 4.31 Å². The molecule has 0 spiro atoms. The number of amides is 1. The van der Waals surface area contributed by atoms with Crippen LogP contribution in [-0.4, -0.2) is 55.8 Å². The maximum Gasteiger partial charge on any atom is 0.247 e. The maximum absolute atomic E-state index is 12.9. The molecule has 0 aromatic heterocycles. The number of benzene rings is 2.